The molecule has 0 radical (unpaired) electrons. The van der Waals surface area contributed by atoms with Gasteiger partial charge in [-0.05, 0) is 49.2 Å². The fourth-order valence-corrected chi connectivity index (χ4v) is 5.67. The standard InChI is InChI=1S/C23H33N3O3S/c1-5-25(6-2)30(28,29)22-12-10-19(11-13-22)23(20-8-7-9-21(27)14-20)26-16-17(3)24-15-18(26)4/h7-14,17-18,23-24,27H,5-6,15-16H2,1-4H3/t17-,18+,23-/m1/s1. The maximum Gasteiger partial charge on any atom is 0.243 e. The highest BCUT2D eigenvalue weighted by molar-refractivity contribution is 7.89. The third-order valence-electron chi connectivity index (χ3n) is 5.87. The van der Waals surface area contributed by atoms with E-state index in [-0.39, 0.29) is 11.8 Å². The minimum Gasteiger partial charge on any atom is -0.508 e. The first-order valence-electron chi connectivity index (χ1n) is 10.7. The normalized spacial score (nSPS) is 21.6. The number of rotatable bonds is 7. The summed E-state index contributed by atoms with van der Waals surface area (Å²) in [7, 11) is -3.49. The average Bonchev–Trinajstić information content (AvgIpc) is 2.72. The summed E-state index contributed by atoms with van der Waals surface area (Å²) >= 11 is 0. The molecule has 7 heteroatoms. The maximum atomic E-state index is 12.9. The zero-order valence-corrected chi connectivity index (χ0v) is 19.1. The van der Waals surface area contributed by atoms with Gasteiger partial charge in [-0.15, -0.1) is 0 Å². The molecule has 2 aromatic rings. The first kappa shape index (κ1) is 22.7. The second kappa shape index (κ2) is 9.47. The molecule has 1 saturated heterocycles. The van der Waals surface area contributed by atoms with E-state index in [0.717, 1.165) is 24.2 Å². The third-order valence-corrected chi connectivity index (χ3v) is 7.93. The van der Waals surface area contributed by atoms with Crippen molar-refractivity contribution in [1.82, 2.24) is 14.5 Å². The second-order valence-corrected chi connectivity index (χ2v) is 9.95. The van der Waals surface area contributed by atoms with E-state index in [1.54, 1.807) is 24.3 Å². The lowest BCUT2D eigenvalue weighted by Gasteiger charge is -2.43. The number of hydrogen-bond acceptors (Lipinski definition) is 5. The van der Waals surface area contributed by atoms with Crippen molar-refractivity contribution in [2.45, 2.75) is 50.7 Å². The van der Waals surface area contributed by atoms with E-state index in [1.807, 2.05) is 38.1 Å². The maximum absolute atomic E-state index is 12.9. The molecule has 0 bridgehead atoms. The van der Waals surface area contributed by atoms with Gasteiger partial charge in [-0.3, -0.25) is 4.90 Å². The Morgan fingerprint density at radius 3 is 2.37 bits per heavy atom. The largest absolute Gasteiger partial charge is 0.508 e. The minimum atomic E-state index is -3.49. The van der Waals surface area contributed by atoms with Crippen LogP contribution in [0.4, 0.5) is 0 Å². The Morgan fingerprint density at radius 2 is 1.77 bits per heavy atom. The van der Waals surface area contributed by atoms with Crippen molar-refractivity contribution < 1.29 is 13.5 Å². The Kier molecular flexibility index (Phi) is 7.18. The van der Waals surface area contributed by atoms with Gasteiger partial charge < -0.3 is 10.4 Å². The van der Waals surface area contributed by atoms with E-state index in [4.69, 9.17) is 0 Å². The van der Waals surface area contributed by atoms with Gasteiger partial charge in [0, 0.05) is 38.3 Å². The van der Waals surface area contributed by atoms with Crippen LogP contribution < -0.4 is 5.32 Å². The zero-order chi connectivity index (χ0) is 21.9. The van der Waals surface area contributed by atoms with Crippen molar-refractivity contribution in [3.8, 4) is 5.75 Å². The Bertz CT molecular complexity index is 942. The molecule has 1 heterocycles. The molecule has 0 aliphatic carbocycles. The second-order valence-electron chi connectivity index (χ2n) is 8.01. The highest BCUT2D eigenvalue weighted by Crippen LogP contribution is 2.34. The third kappa shape index (κ3) is 4.70. The van der Waals surface area contributed by atoms with E-state index in [2.05, 4.69) is 24.1 Å². The van der Waals surface area contributed by atoms with Gasteiger partial charge >= 0.3 is 0 Å². The van der Waals surface area contributed by atoms with Gasteiger partial charge in [-0.25, -0.2) is 8.42 Å². The smallest absolute Gasteiger partial charge is 0.243 e. The average molecular weight is 432 g/mol. The number of nitrogens with zero attached hydrogens (tertiary/aromatic N) is 2. The molecule has 6 nitrogen and oxygen atoms in total. The number of sulfonamides is 1. The number of aromatic hydroxyl groups is 1. The monoisotopic (exact) mass is 431 g/mol. The molecule has 30 heavy (non-hydrogen) atoms. The van der Waals surface area contributed by atoms with Crippen molar-refractivity contribution in [2.75, 3.05) is 26.2 Å². The minimum absolute atomic E-state index is 0.0677. The molecule has 3 rings (SSSR count). The van der Waals surface area contributed by atoms with Gasteiger partial charge in [0.1, 0.15) is 5.75 Å². The summed E-state index contributed by atoms with van der Waals surface area (Å²) in [5.74, 6) is 0.231. The Balaban J connectivity index is 2.02. The summed E-state index contributed by atoms with van der Waals surface area (Å²) in [5.41, 5.74) is 2.01. The predicted octanol–water partition coefficient (Wildman–Crippen LogP) is 3.19. The lowest BCUT2D eigenvalue weighted by molar-refractivity contribution is 0.113. The Hall–Kier alpha value is -1.93. The molecule has 2 aromatic carbocycles. The first-order chi connectivity index (χ1) is 14.3. The predicted molar refractivity (Wildman–Crippen MR) is 120 cm³/mol. The fourth-order valence-electron chi connectivity index (χ4n) is 4.21. The molecule has 164 valence electrons. The lowest BCUT2D eigenvalue weighted by atomic mass is 9.94. The number of benzene rings is 2. The van der Waals surface area contributed by atoms with Crippen LogP contribution in [-0.2, 0) is 10.0 Å². The SMILES string of the molecule is CCN(CC)S(=O)(=O)c1ccc([C@H](c2cccc(O)c2)N2C[C@@H](C)NC[C@@H]2C)cc1. The van der Waals surface area contributed by atoms with Crippen molar-refractivity contribution in [3.05, 3.63) is 59.7 Å². The summed E-state index contributed by atoms with van der Waals surface area (Å²) in [5, 5.41) is 13.6. The van der Waals surface area contributed by atoms with Gasteiger partial charge in [-0.2, -0.15) is 4.31 Å². The van der Waals surface area contributed by atoms with Gasteiger partial charge in [0.05, 0.1) is 10.9 Å². The number of hydrogen-bond donors (Lipinski definition) is 2. The molecule has 2 N–H and O–H groups in total. The number of nitrogens with one attached hydrogen (secondary N) is 1. The van der Waals surface area contributed by atoms with Gasteiger partial charge in [0.15, 0.2) is 0 Å². The quantitative estimate of drug-likeness (QED) is 0.704. The summed E-state index contributed by atoms with van der Waals surface area (Å²) < 4.78 is 27.2. The van der Waals surface area contributed by atoms with Gasteiger partial charge in [0.25, 0.3) is 0 Å². The van der Waals surface area contributed by atoms with Gasteiger partial charge in [0.2, 0.25) is 10.0 Å². The van der Waals surface area contributed by atoms with E-state index < -0.39 is 10.0 Å². The molecule has 0 amide bonds. The van der Waals surface area contributed by atoms with E-state index in [1.165, 1.54) is 4.31 Å². The molecular weight excluding hydrogens is 398 g/mol. The molecule has 0 spiro atoms. The highest BCUT2D eigenvalue weighted by Gasteiger charge is 2.31. The van der Waals surface area contributed by atoms with Crippen LogP contribution in [0.15, 0.2) is 53.4 Å². The molecule has 0 unspecified atom stereocenters. The van der Waals surface area contributed by atoms with Crippen LogP contribution in [0.2, 0.25) is 0 Å². The van der Waals surface area contributed by atoms with Crippen LogP contribution in [0.5, 0.6) is 5.75 Å². The Labute approximate surface area is 180 Å². The van der Waals surface area contributed by atoms with Crippen LogP contribution in [0.25, 0.3) is 0 Å². The van der Waals surface area contributed by atoms with E-state index in [9.17, 15) is 13.5 Å². The molecule has 3 atom stereocenters. The summed E-state index contributed by atoms with van der Waals surface area (Å²) in [4.78, 5) is 2.73. The molecule has 1 aliphatic heterocycles. The summed E-state index contributed by atoms with van der Waals surface area (Å²) in [6.45, 7) is 10.7. The van der Waals surface area contributed by atoms with Crippen LogP contribution in [0.3, 0.4) is 0 Å². The van der Waals surface area contributed by atoms with Gasteiger partial charge in [-0.1, -0.05) is 38.1 Å². The molecule has 0 aromatic heterocycles. The number of piperazine rings is 1. The van der Waals surface area contributed by atoms with Crippen molar-refractivity contribution >= 4 is 10.0 Å². The van der Waals surface area contributed by atoms with Crippen molar-refractivity contribution in [2.24, 2.45) is 0 Å². The van der Waals surface area contributed by atoms with Crippen molar-refractivity contribution in [1.29, 1.82) is 0 Å². The number of phenols is 1. The molecular formula is C23H33N3O3S. The van der Waals surface area contributed by atoms with Crippen LogP contribution in [0.1, 0.15) is 44.9 Å². The Morgan fingerprint density at radius 1 is 1.10 bits per heavy atom. The molecule has 1 aliphatic rings. The topological polar surface area (TPSA) is 72.9 Å². The zero-order valence-electron chi connectivity index (χ0n) is 18.2. The molecule has 1 fully saturated rings. The lowest BCUT2D eigenvalue weighted by Crippen LogP contribution is -2.55. The van der Waals surface area contributed by atoms with Crippen LogP contribution in [0, 0.1) is 0 Å². The molecule has 0 saturated carbocycles. The van der Waals surface area contributed by atoms with E-state index >= 15 is 0 Å². The summed E-state index contributed by atoms with van der Waals surface area (Å²) in [6.07, 6.45) is 0. The van der Waals surface area contributed by atoms with Crippen LogP contribution >= 0.6 is 0 Å². The highest BCUT2D eigenvalue weighted by atomic mass is 32.2. The van der Waals surface area contributed by atoms with E-state index in [0.29, 0.717) is 30.1 Å². The number of phenolic OH excluding ortho intramolecular Hbond substituents is 1. The van der Waals surface area contributed by atoms with Crippen molar-refractivity contribution in [3.63, 3.8) is 0 Å². The first-order valence-corrected chi connectivity index (χ1v) is 12.1. The fraction of sp³-hybridized carbons (Fsp3) is 0.478. The van der Waals surface area contributed by atoms with Crippen LogP contribution in [-0.4, -0.2) is 61.0 Å². The summed E-state index contributed by atoms with van der Waals surface area (Å²) in [6, 6.07) is 15.1.